The van der Waals surface area contributed by atoms with Crippen molar-refractivity contribution in [3.8, 4) is 0 Å². The molecule has 2 aromatic rings. The average molecular weight is 262 g/mol. The molecule has 1 heterocycles. The van der Waals surface area contributed by atoms with Gasteiger partial charge in [0.2, 0.25) is 0 Å². The number of hydrogen-bond acceptors (Lipinski definition) is 3. The SMILES string of the molecule is Cc1ccc(C(=O)CSc2cccs2)cc1C. The van der Waals surface area contributed by atoms with Crippen LogP contribution in [0.25, 0.3) is 0 Å². The first-order chi connectivity index (χ1) is 8.16. The summed E-state index contributed by atoms with van der Waals surface area (Å²) in [5, 5.41) is 2.03. The zero-order valence-corrected chi connectivity index (χ0v) is 11.5. The Labute approximate surface area is 110 Å². The lowest BCUT2D eigenvalue weighted by Crippen LogP contribution is -2.02. The number of Topliss-reactive ketones (excluding diaryl/α,β-unsaturated/α-hetero) is 1. The van der Waals surface area contributed by atoms with Gasteiger partial charge >= 0.3 is 0 Å². The maximum atomic E-state index is 12.0. The molecular formula is C14H14OS2. The Bertz CT molecular complexity index is 515. The van der Waals surface area contributed by atoms with E-state index in [4.69, 9.17) is 0 Å². The molecule has 0 aliphatic carbocycles. The molecule has 1 aromatic carbocycles. The molecule has 0 saturated carbocycles. The van der Waals surface area contributed by atoms with Crippen molar-refractivity contribution in [3.05, 3.63) is 52.4 Å². The van der Waals surface area contributed by atoms with Crippen LogP contribution < -0.4 is 0 Å². The normalized spacial score (nSPS) is 10.5. The molecule has 0 saturated heterocycles. The molecule has 0 fully saturated rings. The third-order valence-electron chi connectivity index (χ3n) is 2.67. The smallest absolute Gasteiger partial charge is 0.173 e. The maximum absolute atomic E-state index is 12.0. The van der Waals surface area contributed by atoms with E-state index < -0.39 is 0 Å². The number of rotatable bonds is 4. The quantitative estimate of drug-likeness (QED) is 0.602. The number of thioether (sulfide) groups is 1. The van der Waals surface area contributed by atoms with E-state index in [0.717, 1.165) is 5.56 Å². The Morgan fingerprint density at radius 2 is 2.06 bits per heavy atom. The van der Waals surface area contributed by atoms with E-state index >= 15 is 0 Å². The van der Waals surface area contributed by atoms with Crippen molar-refractivity contribution < 1.29 is 4.79 Å². The van der Waals surface area contributed by atoms with Crippen LogP contribution >= 0.6 is 23.1 Å². The summed E-state index contributed by atoms with van der Waals surface area (Å²) in [6, 6.07) is 9.96. The molecule has 88 valence electrons. The Morgan fingerprint density at radius 1 is 1.24 bits per heavy atom. The van der Waals surface area contributed by atoms with Crippen LogP contribution in [-0.4, -0.2) is 11.5 Å². The highest BCUT2D eigenvalue weighted by molar-refractivity contribution is 8.01. The lowest BCUT2D eigenvalue weighted by atomic mass is 10.0. The fourth-order valence-corrected chi connectivity index (χ4v) is 3.16. The van der Waals surface area contributed by atoms with Crippen LogP contribution in [0.15, 0.2) is 39.9 Å². The second-order valence-electron chi connectivity index (χ2n) is 3.94. The number of carbonyl (C=O) groups excluding carboxylic acids is 1. The van der Waals surface area contributed by atoms with E-state index in [0.29, 0.717) is 5.75 Å². The van der Waals surface area contributed by atoms with Crippen LogP contribution in [0.3, 0.4) is 0 Å². The Balaban J connectivity index is 2.02. The van der Waals surface area contributed by atoms with Crippen molar-refractivity contribution >= 4 is 28.9 Å². The highest BCUT2D eigenvalue weighted by atomic mass is 32.2. The third-order valence-corrected chi connectivity index (χ3v) is 4.80. The van der Waals surface area contributed by atoms with Crippen LogP contribution in [0.2, 0.25) is 0 Å². The summed E-state index contributed by atoms with van der Waals surface area (Å²) in [4.78, 5) is 12.0. The van der Waals surface area contributed by atoms with Gasteiger partial charge < -0.3 is 0 Å². The van der Waals surface area contributed by atoms with Gasteiger partial charge in [0.25, 0.3) is 0 Å². The summed E-state index contributed by atoms with van der Waals surface area (Å²) in [5.74, 6) is 0.717. The molecule has 0 aliphatic rings. The van der Waals surface area contributed by atoms with Crippen LogP contribution in [-0.2, 0) is 0 Å². The van der Waals surface area contributed by atoms with Crippen LogP contribution in [0.5, 0.6) is 0 Å². The number of carbonyl (C=O) groups is 1. The van der Waals surface area contributed by atoms with Crippen molar-refractivity contribution in [1.82, 2.24) is 0 Å². The number of aryl methyl sites for hydroxylation is 2. The van der Waals surface area contributed by atoms with E-state index in [2.05, 4.69) is 6.92 Å². The fourth-order valence-electron chi connectivity index (χ4n) is 1.48. The van der Waals surface area contributed by atoms with Gasteiger partial charge in [-0.15, -0.1) is 23.1 Å². The molecule has 1 aromatic heterocycles. The predicted molar refractivity (Wildman–Crippen MR) is 75.3 cm³/mol. The maximum Gasteiger partial charge on any atom is 0.173 e. The highest BCUT2D eigenvalue weighted by Gasteiger charge is 2.07. The second-order valence-corrected chi connectivity index (χ2v) is 6.17. The first kappa shape index (κ1) is 12.4. The molecule has 1 nitrogen and oxygen atoms in total. The van der Waals surface area contributed by atoms with Gasteiger partial charge in [-0.2, -0.15) is 0 Å². The summed E-state index contributed by atoms with van der Waals surface area (Å²) in [6.07, 6.45) is 0. The van der Waals surface area contributed by atoms with Crippen LogP contribution in [0, 0.1) is 13.8 Å². The Kier molecular flexibility index (Phi) is 4.02. The number of ketones is 1. The van der Waals surface area contributed by atoms with Crippen molar-refractivity contribution in [2.75, 3.05) is 5.75 Å². The van der Waals surface area contributed by atoms with Gasteiger partial charge in [0.05, 0.1) is 9.96 Å². The first-order valence-electron chi connectivity index (χ1n) is 5.43. The molecule has 0 unspecified atom stereocenters. The summed E-state index contributed by atoms with van der Waals surface area (Å²) in [6.45, 7) is 4.10. The zero-order valence-electron chi connectivity index (χ0n) is 9.90. The minimum Gasteiger partial charge on any atom is -0.293 e. The lowest BCUT2D eigenvalue weighted by molar-refractivity contribution is 0.102. The molecule has 17 heavy (non-hydrogen) atoms. The molecule has 0 spiro atoms. The van der Waals surface area contributed by atoms with Gasteiger partial charge in [0.15, 0.2) is 5.78 Å². The molecule has 0 amide bonds. The Hall–Kier alpha value is -1.06. The summed E-state index contributed by atoms with van der Waals surface area (Å²) in [7, 11) is 0. The minimum atomic E-state index is 0.200. The standard InChI is InChI=1S/C14H14OS2/c1-10-5-6-12(8-11(10)2)13(15)9-17-14-4-3-7-16-14/h3-8H,9H2,1-2H3. The van der Waals surface area contributed by atoms with E-state index in [-0.39, 0.29) is 5.78 Å². The van der Waals surface area contributed by atoms with Gasteiger partial charge in [-0.3, -0.25) is 4.79 Å². The van der Waals surface area contributed by atoms with Gasteiger partial charge in [-0.1, -0.05) is 18.2 Å². The van der Waals surface area contributed by atoms with Crippen molar-refractivity contribution in [2.45, 2.75) is 18.1 Å². The Morgan fingerprint density at radius 3 is 2.71 bits per heavy atom. The highest BCUT2D eigenvalue weighted by Crippen LogP contribution is 2.24. The van der Waals surface area contributed by atoms with E-state index in [1.807, 2.05) is 42.6 Å². The lowest BCUT2D eigenvalue weighted by Gasteiger charge is -2.04. The van der Waals surface area contributed by atoms with Gasteiger partial charge in [0, 0.05) is 5.56 Å². The summed E-state index contributed by atoms with van der Waals surface area (Å²) < 4.78 is 1.20. The predicted octanol–water partition coefficient (Wildman–Crippen LogP) is 4.34. The second kappa shape index (κ2) is 5.52. The minimum absolute atomic E-state index is 0.200. The van der Waals surface area contributed by atoms with E-state index in [9.17, 15) is 4.79 Å². The van der Waals surface area contributed by atoms with Crippen molar-refractivity contribution in [2.24, 2.45) is 0 Å². The monoisotopic (exact) mass is 262 g/mol. The van der Waals surface area contributed by atoms with E-state index in [1.165, 1.54) is 15.3 Å². The fraction of sp³-hybridized carbons (Fsp3) is 0.214. The van der Waals surface area contributed by atoms with E-state index in [1.54, 1.807) is 23.1 Å². The topological polar surface area (TPSA) is 17.1 Å². The zero-order chi connectivity index (χ0) is 12.3. The number of thiophene rings is 1. The molecule has 0 atom stereocenters. The molecule has 2 rings (SSSR count). The van der Waals surface area contributed by atoms with Crippen LogP contribution in [0.1, 0.15) is 21.5 Å². The molecule has 0 N–H and O–H groups in total. The summed E-state index contributed by atoms with van der Waals surface area (Å²) in [5.41, 5.74) is 3.22. The molecule has 0 radical (unpaired) electrons. The van der Waals surface area contributed by atoms with Gasteiger partial charge in [-0.25, -0.2) is 0 Å². The molecular weight excluding hydrogens is 248 g/mol. The average Bonchev–Trinajstić information content (AvgIpc) is 2.82. The summed E-state index contributed by atoms with van der Waals surface area (Å²) >= 11 is 3.29. The number of hydrogen-bond donors (Lipinski definition) is 0. The molecule has 3 heteroatoms. The molecule has 0 aliphatic heterocycles. The molecule has 0 bridgehead atoms. The van der Waals surface area contributed by atoms with Gasteiger partial charge in [-0.05, 0) is 42.5 Å². The van der Waals surface area contributed by atoms with Gasteiger partial charge in [0.1, 0.15) is 0 Å². The number of benzene rings is 1. The van der Waals surface area contributed by atoms with Crippen molar-refractivity contribution in [1.29, 1.82) is 0 Å². The van der Waals surface area contributed by atoms with Crippen molar-refractivity contribution in [3.63, 3.8) is 0 Å². The largest absolute Gasteiger partial charge is 0.293 e. The van der Waals surface area contributed by atoms with Crippen LogP contribution in [0.4, 0.5) is 0 Å². The third kappa shape index (κ3) is 3.20. The first-order valence-corrected chi connectivity index (χ1v) is 7.30.